The molecule has 0 aliphatic carbocycles. The van der Waals surface area contributed by atoms with Crippen molar-refractivity contribution in [3.63, 3.8) is 0 Å². The molecule has 3 N–H and O–H groups in total. The van der Waals surface area contributed by atoms with Crippen molar-refractivity contribution in [1.29, 1.82) is 0 Å². The summed E-state index contributed by atoms with van der Waals surface area (Å²) in [4.78, 5) is 7.93. The Morgan fingerprint density at radius 2 is 2.12 bits per heavy atom. The van der Waals surface area contributed by atoms with Gasteiger partial charge in [-0.15, -0.1) is 0 Å². The molecule has 0 saturated heterocycles. The Labute approximate surface area is 94.1 Å². The lowest BCUT2D eigenvalue weighted by Gasteiger charge is -2.00. The molecule has 0 aliphatic rings. The van der Waals surface area contributed by atoms with Crippen LogP contribution in [-0.2, 0) is 10.5 Å². The normalized spacial score (nSPS) is 11.1. The van der Waals surface area contributed by atoms with Crippen LogP contribution in [0.15, 0.2) is 21.5 Å². The van der Waals surface area contributed by atoms with Crippen molar-refractivity contribution in [3.8, 4) is 0 Å². The zero-order valence-electron chi connectivity index (χ0n) is 8.80. The van der Waals surface area contributed by atoms with E-state index in [-0.39, 0.29) is 5.96 Å². The van der Waals surface area contributed by atoms with Crippen molar-refractivity contribution in [2.75, 3.05) is 0 Å². The lowest BCUT2D eigenvalue weighted by Crippen LogP contribution is -2.28. The van der Waals surface area contributed by atoms with Crippen molar-refractivity contribution in [2.24, 2.45) is 15.2 Å². The van der Waals surface area contributed by atoms with E-state index in [4.69, 9.17) is 5.84 Å². The van der Waals surface area contributed by atoms with Crippen LogP contribution in [0.2, 0.25) is 0 Å². The molecule has 1 aromatic heterocycles. The molecule has 16 heavy (non-hydrogen) atoms. The molecular weight excluding hydrogens is 230 g/mol. The van der Waals surface area contributed by atoms with E-state index in [2.05, 4.69) is 19.8 Å². The van der Waals surface area contributed by atoms with Gasteiger partial charge >= 0.3 is 10.5 Å². The van der Waals surface area contributed by atoms with Gasteiger partial charge in [0.15, 0.2) is 5.82 Å². The highest BCUT2D eigenvalue weighted by atomic mass is 32.2. The molecule has 1 heterocycles. The summed E-state index contributed by atoms with van der Waals surface area (Å²) in [6.45, 7) is 3.69. The third-order valence-electron chi connectivity index (χ3n) is 1.59. The highest BCUT2D eigenvalue weighted by Crippen LogP contribution is 2.12. The number of aromatic nitrogens is 1. The molecule has 0 radical (unpaired) electrons. The summed E-state index contributed by atoms with van der Waals surface area (Å²) in [5.41, 5.74) is 3.81. The largest absolute Gasteiger partial charge is 0.319 e. The van der Waals surface area contributed by atoms with Crippen molar-refractivity contribution >= 4 is 22.3 Å². The van der Waals surface area contributed by atoms with Crippen LogP contribution in [0.1, 0.15) is 11.3 Å². The van der Waals surface area contributed by atoms with Crippen LogP contribution in [0.4, 0.5) is 5.82 Å². The number of rotatable bonds is 1. The van der Waals surface area contributed by atoms with Crippen LogP contribution in [-0.4, -0.2) is 19.4 Å². The number of aliphatic imine (C=N–C) groups is 1. The molecule has 1 aromatic rings. The average Bonchev–Trinajstić information content (AvgIpc) is 2.14. The van der Waals surface area contributed by atoms with Crippen LogP contribution in [0.5, 0.6) is 0 Å². The second-order valence-corrected chi connectivity index (χ2v) is 3.65. The number of nitrogens with two attached hydrogens (primary N) is 1. The molecule has 1 rings (SSSR count). The Kier molecular flexibility index (Phi) is 4.09. The maximum absolute atomic E-state index is 10.3. The summed E-state index contributed by atoms with van der Waals surface area (Å²) in [5.74, 6) is 5.20. The van der Waals surface area contributed by atoms with E-state index in [0.29, 0.717) is 5.82 Å². The van der Waals surface area contributed by atoms with Gasteiger partial charge in [-0.2, -0.15) is 13.4 Å². The zero-order chi connectivity index (χ0) is 12.1. The fourth-order valence-corrected chi connectivity index (χ4v) is 1.37. The van der Waals surface area contributed by atoms with Gasteiger partial charge in [-0.25, -0.2) is 10.8 Å². The number of hydrogen-bond acceptors (Lipinski definition) is 5. The standard InChI is InChI=1S/C8H11N5O2S/c1-5-3-6(2)10-7(4-5)11-8(12-9)13-16(14)15/h3-4H,9H2,1-2H3,(H,10,11,12). The van der Waals surface area contributed by atoms with Gasteiger partial charge < -0.3 is 0 Å². The molecule has 0 amide bonds. The minimum Gasteiger partial charge on any atom is -0.291 e. The summed E-state index contributed by atoms with van der Waals surface area (Å²) in [6.07, 6.45) is 0. The van der Waals surface area contributed by atoms with Crippen molar-refractivity contribution < 1.29 is 8.42 Å². The molecule has 0 fully saturated rings. The number of guanidine groups is 1. The first-order valence-corrected chi connectivity index (χ1v) is 5.36. The molecule has 0 spiro atoms. The number of pyridine rings is 1. The van der Waals surface area contributed by atoms with Gasteiger partial charge in [0.05, 0.1) is 0 Å². The SMILES string of the molecule is Cc1cc(C)nc(N=C(N=S(=O)=O)NN)c1. The first kappa shape index (κ1) is 12.3. The molecule has 8 heteroatoms. The third-order valence-corrected chi connectivity index (χ3v) is 1.92. The summed E-state index contributed by atoms with van der Waals surface area (Å²) >= 11 is 0. The molecule has 7 nitrogen and oxygen atoms in total. The number of aryl methyl sites for hydroxylation is 2. The Hall–Kier alpha value is -1.80. The van der Waals surface area contributed by atoms with E-state index in [1.807, 2.05) is 19.9 Å². The molecule has 86 valence electrons. The predicted octanol–water partition coefficient (Wildman–Crippen LogP) is 0.212. The summed E-state index contributed by atoms with van der Waals surface area (Å²) in [5, 5.41) is 0. The van der Waals surface area contributed by atoms with E-state index in [1.165, 1.54) is 0 Å². The maximum atomic E-state index is 10.3. The van der Waals surface area contributed by atoms with E-state index < -0.39 is 10.5 Å². The summed E-state index contributed by atoms with van der Waals surface area (Å²) < 4.78 is 23.8. The number of hydrazine groups is 1. The second kappa shape index (κ2) is 5.33. The number of nitrogens with one attached hydrogen (secondary N) is 1. The lowest BCUT2D eigenvalue weighted by atomic mass is 10.2. The minimum absolute atomic E-state index is 0.217. The summed E-state index contributed by atoms with van der Waals surface area (Å²) in [6, 6.07) is 3.56. The smallest absolute Gasteiger partial charge is 0.291 e. The van der Waals surface area contributed by atoms with Crippen molar-refractivity contribution in [2.45, 2.75) is 13.8 Å². The van der Waals surface area contributed by atoms with E-state index >= 15 is 0 Å². The maximum Gasteiger partial charge on any atom is 0.319 e. The van der Waals surface area contributed by atoms with Crippen molar-refractivity contribution in [1.82, 2.24) is 10.4 Å². The summed E-state index contributed by atoms with van der Waals surface area (Å²) in [7, 11) is -2.61. The van der Waals surface area contributed by atoms with Gasteiger partial charge in [0.2, 0.25) is 0 Å². The first-order valence-electron chi connectivity index (χ1n) is 4.33. The van der Waals surface area contributed by atoms with E-state index in [1.54, 1.807) is 6.07 Å². The van der Waals surface area contributed by atoms with Gasteiger partial charge in [0.25, 0.3) is 5.96 Å². The predicted molar refractivity (Wildman–Crippen MR) is 59.5 cm³/mol. The average molecular weight is 241 g/mol. The van der Waals surface area contributed by atoms with Gasteiger partial charge in [-0.3, -0.25) is 5.43 Å². The number of nitrogens with zero attached hydrogens (tertiary/aromatic N) is 3. The topological polar surface area (TPSA) is 110 Å². The quantitative estimate of drug-likeness (QED) is 0.316. The molecule has 0 unspecified atom stereocenters. The van der Waals surface area contributed by atoms with Crippen molar-refractivity contribution in [3.05, 3.63) is 23.4 Å². The van der Waals surface area contributed by atoms with Crippen LogP contribution < -0.4 is 11.3 Å². The molecule has 0 atom stereocenters. The first-order chi connectivity index (χ1) is 7.51. The van der Waals surface area contributed by atoms with Gasteiger partial charge in [-0.05, 0) is 31.5 Å². The van der Waals surface area contributed by atoms with E-state index in [9.17, 15) is 8.42 Å². The molecule has 0 bridgehead atoms. The van der Waals surface area contributed by atoms with Gasteiger partial charge in [0, 0.05) is 5.69 Å². The number of hydrogen-bond donors (Lipinski definition) is 2. The van der Waals surface area contributed by atoms with Gasteiger partial charge in [0.1, 0.15) is 0 Å². The monoisotopic (exact) mass is 241 g/mol. The fourth-order valence-electron chi connectivity index (χ4n) is 1.14. The second-order valence-electron chi connectivity index (χ2n) is 3.03. The minimum atomic E-state index is -2.61. The Balaban J connectivity index is 3.18. The Bertz CT molecular complexity index is 521. The molecular formula is C8H11N5O2S. The fraction of sp³-hybridized carbons (Fsp3) is 0.250. The van der Waals surface area contributed by atoms with Crippen LogP contribution >= 0.6 is 0 Å². The molecule has 0 saturated carbocycles. The Morgan fingerprint density at radius 3 is 2.62 bits per heavy atom. The van der Waals surface area contributed by atoms with Crippen LogP contribution in [0.25, 0.3) is 0 Å². The van der Waals surface area contributed by atoms with E-state index in [0.717, 1.165) is 11.3 Å². The van der Waals surface area contributed by atoms with Crippen LogP contribution in [0.3, 0.4) is 0 Å². The molecule has 0 aromatic carbocycles. The zero-order valence-corrected chi connectivity index (χ0v) is 9.61. The van der Waals surface area contributed by atoms with Gasteiger partial charge in [-0.1, -0.05) is 4.36 Å². The third kappa shape index (κ3) is 3.75. The lowest BCUT2D eigenvalue weighted by molar-refractivity contribution is 0.622. The highest BCUT2D eigenvalue weighted by Gasteiger charge is 1.99. The Morgan fingerprint density at radius 1 is 1.44 bits per heavy atom. The highest BCUT2D eigenvalue weighted by molar-refractivity contribution is 7.62. The van der Waals surface area contributed by atoms with Crippen LogP contribution in [0, 0.1) is 13.8 Å². The molecule has 0 aliphatic heterocycles.